The van der Waals surface area contributed by atoms with E-state index in [1.807, 2.05) is 14.0 Å². The number of aromatic nitrogens is 2. The Balaban J connectivity index is 2.25. The molecule has 4 nitrogen and oxygen atoms in total. The number of fused-ring (bicyclic) bond motifs is 1. The van der Waals surface area contributed by atoms with Crippen molar-refractivity contribution in [3.8, 4) is 0 Å². The lowest BCUT2D eigenvalue weighted by Crippen LogP contribution is -2.34. The molecule has 0 aliphatic carbocycles. The van der Waals surface area contributed by atoms with Crippen LogP contribution in [0.3, 0.4) is 0 Å². The molecule has 2 heterocycles. The molecule has 1 aliphatic heterocycles. The number of nitrogens with zero attached hydrogens (tertiary/aromatic N) is 3. The maximum Gasteiger partial charge on any atom is 0.219 e. The molecule has 0 bridgehead atoms. The predicted octanol–water partition coefficient (Wildman–Crippen LogP) is 0.986. The lowest BCUT2D eigenvalue weighted by atomic mass is 10.1. The fraction of sp³-hybridized carbons (Fsp3) is 0.500. The van der Waals surface area contributed by atoms with Crippen LogP contribution in [0.5, 0.6) is 0 Å². The molecule has 0 spiro atoms. The predicted molar refractivity (Wildman–Crippen MR) is 56.4 cm³/mol. The highest BCUT2D eigenvalue weighted by Gasteiger charge is 2.20. The highest BCUT2D eigenvalue weighted by molar-refractivity contribution is 14.1. The fourth-order valence-corrected chi connectivity index (χ4v) is 2.24. The molecular formula is C8H10IN3O. The third kappa shape index (κ3) is 1.56. The molecule has 0 atom stereocenters. The van der Waals surface area contributed by atoms with Crippen LogP contribution in [-0.4, -0.2) is 25.3 Å². The van der Waals surface area contributed by atoms with Crippen LogP contribution in [0.25, 0.3) is 0 Å². The van der Waals surface area contributed by atoms with Crippen molar-refractivity contribution >= 4 is 28.8 Å². The minimum atomic E-state index is 0.145. The molecule has 0 aromatic carbocycles. The molecule has 1 aromatic rings. The van der Waals surface area contributed by atoms with E-state index in [1.54, 1.807) is 6.92 Å². The van der Waals surface area contributed by atoms with Crippen molar-refractivity contribution in [2.75, 3.05) is 6.54 Å². The third-order valence-electron chi connectivity index (χ3n) is 2.33. The third-order valence-corrected chi connectivity index (χ3v) is 3.16. The van der Waals surface area contributed by atoms with E-state index in [0.717, 1.165) is 13.0 Å². The molecule has 70 valence electrons. The van der Waals surface area contributed by atoms with Gasteiger partial charge in [0.2, 0.25) is 5.91 Å². The molecule has 1 aromatic heterocycles. The van der Waals surface area contributed by atoms with E-state index in [9.17, 15) is 4.79 Å². The molecule has 0 unspecified atom stereocenters. The standard InChI is InChI=1S/C8H10IN3O/c1-6(13)11-3-2-8-7(5-11)4-10-12(8)9/h4H,2-3,5H2,1H3. The Morgan fingerprint density at radius 3 is 3.15 bits per heavy atom. The topological polar surface area (TPSA) is 38.1 Å². The van der Waals surface area contributed by atoms with Crippen LogP contribution in [0.2, 0.25) is 0 Å². The van der Waals surface area contributed by atoms with E-state index in [2.05, 4.69) is 28.0 Å². The second-order valence-electron chi connectivity index (χ2n) is 3.17. The van der Waals surface area contributed by atoms with Gasteiger partial charge in [-0.25, -0.2) is 2.90 Å². The lowest BCUT2D eigenvalue weighted by Gasteiger charge is -2.25. The Kier molecular flexibility index (Phi) is 2.27. The lowest BCUT2D eigenvalue weighted by molar-refractivity contribution is -0.129. The first-order valence-corrected chi connectivity index (χ1v) is 5.12. The van der Waals surface area contributed by atoms with Crippen molar-refractivity contribution in [2.24, 2.45) is 0 Å². The molecule has 5 heteroatoms. The highest BCUT2D eigenvalue weighted by atomic mass is 127. The molecule has 1 aliphatic rings. The van der Waals surface area contributed by atoms with E-state index in [4.69, 9.17) is 0 Å². The van der Waals surface area contributed by atoms with Crippen LogP contribution >= 0.6 is 22.9 Å². The quantitative estimate of drug-likeness (QED) is 0.668. The van der Waals surface area contributed by atoms with Crippen molar-refractivity contribution < 1.29 is 4.79 Å². The zero-order chi connectivity index (χ0) is 9.42. The first kappa shape index (κ1) is 8.98. The Bertz CT molecular complexity index is 347. The van der Waals surface area contributed by atoms with Gasteiger partial charge in [-0.15, -0.1) is 0 Å². The van der Waals surface area contributed by atoms with E-state index < -0.39 is 0 Å². The number of hydrogen-bond acceptors (Lipinski definition) is 2. The van der Waals surface area contributed by atoms with Gasteiger partial charge in [-0.3, -0.25) is 4.79 Å². The minimum Gasteiger partial charge on any atom is -0.338 e. The first-order valence-electron chi connectivity index (χ1n) is 4.16. The average molecular weight is 291 g/mol. The Hall–Kier alpha value is -0.590. The van der Waals surface area contributed by atoms with Gasteiger partial charge < -0.3 is 4.90 Å². The Morgan fingerprint density at radius 1 is 1.69 bits per heavy atom. The van der Waals surface area contributed by atoms with Gasteiger partial charge in [-0.05, 0) is 0 Å². The second-order valence-corrected chi connectivity index (χ2v) is 4.08. The molecule has 2 rings (SSSR count). The van der Waals surface area contributed by atoms with E-state index in [0.29, 0.717) is 6.54 Å². The van der Waals surface area contributed by atoms with Crippen LogP contribution in [0, 0.1) is 0 Å². The second kappa shape index (κ2) is 3.28. The molecule has 0 fully saturated rings. The summed E-state index contributed by atoms with van der Waals surface area (Å²) in [6.45, 7) is 3.14. The van der Waals surface area contributed by atoms with Gasteiger partial charge in [0, 0.05) is 32.0 Å². The average Bonchev–Trinajstić information content (AvgIpc) is 2.47. The molecular weight excluding hydrogens is 281 g/mol. The minimum absolute atomic E-state index is 0.145. The maximum absolute atomic E-state index is 11.1. The number of rotatable bonds is 0. The SMILES string of the molecule is CC(=O)N1CCc2c(cnn2I)C1. The monoisotopic (exact) mass is 291 g/mol. The summed E-state index contributed by atoms with van der Waals surface area (Å²) >= 11 is 2.16. The summed E-state index contributed by atoms with van der Waals surface area (Å²) in [5, 5.41) is 4.16. The number of carbonyl (C=O) groups excluding carboxylic acids is 1. The summed E-state index contributed by atoms with van der Waals surface area (Å²) in [6.07, 6.45) is 2.76. The van der Waals surface area contributed by atoms with Crippen molar-refractivity contribution in [1.29, 1.82) is 0 Å². The van der Waals surface area contributed by atoms with Crippen molar-refractivity contribution in [1.82, 2.24) is 12.9 Å². The smallest absolute Gasteiger partial charge is 0.219 e. The summed E-state index contributed by atoms with van der Waals surface area (Å²) in [7, 11) is 0. The molecule has 13 heavy (non-hydrogen) atoms. The number of carbonyl (C=O) groups is 1. The summed E-state index contributed by atoms with van der Waals surface area (Å²) < 4.78 is 1.87. The van der Waals surface area contributed by atoms with Crippen molar-refractivity contribution in [2.45, 2.75) is 19.9 Å². The van der Waals surface area contributed by atoms with Crippen molar-refractivity contribution in [3.63, 3.8) is 0 Å². The van der Waals surface area contributed by atoms with Gasteiger partial charge in [0.1, 0.15) is 0 Å². The summed E-state index contributed by atoms with van der Waals surface area (Å²) in [6, 6.07) is 0. The number of amides is 1. The van der Waals surface area contributed by atoms with Gasteiger partial charge in [-0.1, -0.05) is 0 Å². The largest absolute Gasteiger partial charge is 0.338 e. The van der Waals surface area contributed by atoms with Crippen LogP contribution in [-0.2, 0) is 17.8 Å². The van der Waals surface area contributed by atoms with Crippen LogP contribution < -0.4 is 0 Å². The van der Waals surface area contributed by atoms with Gasteiger partial charge in [0.05, 0.1) is 34.8 Å². The summed E-state index contributed by atoms with van der Waals surface area (Å²) in [5.41, 5.74) is 2.42. The van der Waals surface area contributed by atoms with Crippen molar-refractivity contribution in [3.05, 3.63) is 17.5 Å². The van der Waals surface area contributed by atoms with Crippen LogP contribution in [0.15, 0.2) is 6.20 Å². The van der Waals surface area contributed by atoms with Crippen LogP contribution in [0.1, 0.15) is 18.2 Å². The molecule has 1 amide bonds. The normalized spacial score (nSPS) is 15.7. The van der Waals surface area contributed by atoms with E-state index >= 15 is 0 Å². The van der Waals surface area contributed by atoms with Gasteiger partial charge in [0.25, 0.3) is 0 Å². The Morgan fingerprint density at radius 2 is 2.46 bits per heavy atom. The van der Waals surface area contributed by atoms with E-state index in [1.165, 1.54) is 11.3 Å². The van der Waals surface area contributed by atoms with Gasteiger partial charge >= 0.3 is 0 Å². The first-order chi connectivity index (χ1) is 6.18. The fourth-order valence-electron chi connectivity index (χ4n) is 1.56. The molecule has 0 radical (unpaired) electrons. The van der Waals surface area contributed by atoms with Gasteiger partial charge in [0.15, 0.2) is 0 Å². The zero-order valence-electron chi connectivity index (χ0n) is 7.33. The molecule has 0 N–H and O–H groups in total. The Labute approximate surface area is 90.4 Å². The van der Waals surface area contributed by atoms with Gasteiger partial charge in [-0.2, -0.15) is 5.10 Å². The summed E-state index contributed by atoms with van der Waals surface area (Å²) in [5.74, 6) is 0.145. The summed E-state index contributed by atoms with van der Waals surface area (Å²) in [4.78, 5) is 13.0. The highest BCUT2D eigenvalue weighted by Crippen LogP contribution is 2.19. The van der Waals surface area contributed by atoms with E-state index in [-0.39, 0.29) is 5.91 Å². The zero-order valence-corrected chi connectivity index (χ0v) is 9.48. The number of hydrogen-bond donors (Lipinski definition) is 0. The number of halogens is 1. The molecule has 0 saturated heterocycles. The molecule has 0 saturated carbocycles. The maximum atomic E-state index is 11.1. The van der Waals surface area contributed by atoms with Crippen LogP contribution in [0.4, 0.5) is 0 Å².